The Morgan fingerprint density at radius 3 is 1.81 bits per heavy atom. The van der Waals surface area contributed by atoms with Crippen molar-refractivity contribution in [2.75, 3.05) is 5.32 Å². The maximum absolute atomic E-state index is 14.1. The van der Waals surface area contributed by atoms with Gasteiger partial charge in [0.1, 0.15) is 16.8 Å². The van der Waals surface area contributed by atoms with E-state index in [0.717, 1.165) is 0 Å². The number of halogens is 3. The van der Waals surface area contributed by atoms with Crippen LogP contribution in [-0.2, 0) is 0 Å². The lowest BCUT2D eigenvalue weighted by Gasteiger charge is -2.27. The van der Waals surface area contributed by atoms with Gasteiger partial charge in [0.15, 0.2) is 17.5 Å². The van der Waals surface area contributed by atoms with E-state index < -0.39 is 51.7 Å². The van der Waals surface area contributed by atoms with E-state index in [2.05, 4.69) is 5.32 Å². The molecule has 0 aliphatic rings. The molecule has 0 saturated carbocycles. The van der Waals surface area contributed by atoms with E-state index >= 15 is 0 Å². The highest BCUT2D eigenvalue weighted by molar-refractivity contribution is 6.03. The van der Waals surface area contributed by atoms with Gasteiger partial charge in [0.2, 0.25) is 0 Å². The quantitative estimate of drug-likeness (QED) is 0.728. The van der Waals surface area contributed by atoms with Crippen molar-refractivity contribution in [3.63, 3.8) is 0 Å². The van der Waals surface area contributed by atoms with Gasteiger partial charge in [0.25, 0.3) is 0 Å². The van der Waals surface area contributed by atoms with Crippen LogP contribution in [0, 0.1) is 17.5 Å². The molecule has 0 heterocycles. The zero-order chi connectivity index (χ0) is 16.5. The molecule has 5 nitrogen and oxygen atoms in total. The van der Waals surface area contributed by atoms with Gasteiger partial charge < -0.3 is 15.5 Å². The van der Waals surface area contributed by atoms with Crippen molar-refractivity contribution < 1.29 is 33.0 Å². The second kappa shape index (κ2) is 5.63. The molecule has 0 aliphatic heterocycles. The average molecular weight is 305 g/mol. The monoisotopic (exact) mass is 305 g/mol. The topological polar surface area (TPSA) is 86.6 Å². The Kier molecular flexibility index (Phi) is 4.50. The molecule has 0 radical (unpaired) electrons. The molecule has 0 atom stereocenters. The van der Waals surface area contributed by atoms with E-state index in [1.54, 1.807) is 20.8 Å². The van der Waals surface area contributed by atoms with Crippen LogP contribution in [0.3, 0.4) is 0 Å². The van der Waals surface area contributed by atoms with Gasteiger partial charge in [-0.1, -0.05) is 6.92 Å². The molecule has 0 bridgehead atoms. The number of carbonyl (C=O) groups is 2. The van der Waals surface area contributed by atoms with Crippen molar-refractivity contribution in [1.29, 1.82) is 0 Å². The lowest BCUT2D eigenvalue weighted by atomic mass is 9.99. The molecule has 0 saturated heterocycles. The van der Waals surface area contributed by atoms with E-state index in [1.165, 1.54) is 0 Å². The number of carboxylic acids is 2. The molecule has 1 aromatic rings. The molecule has 116 valence electrons. The average Bonchev–Trinajstić information content (AvgIpc) is 2.37. The van der Waals surface area contributed by atoms with E-state index in [0.29, 0.717) is 6.42 Å². The molecule has 8 heteroatoms. The highest BCUT2D eigenvalue weighted by Gasteiger charge is 2.33. The largest absolute Gasteiger partial charge is 0.478 e. The van der Waals surface area contributed by atoms with Gasteiger partial charge >= 0.3 is 11.9 Å². The highest BCUT2D eigenvalue weighted by atomic mass is 19.2. The number of anilines is 1. The summed E-state index contributed by atoms with van der Waals surface area (Å²) in [6.45, 7) is 4.83. The van der Waals surface area contributed by atoms with Crippen LogP contribution >= 0.6 is 0 Å². The Morgan fingerprint density at radius 1 is 1.00 bits per heavy atom. The molecule has 0 aromatic heterocycles. The fraction of sp³-hybridized carbons (Fsp3) is 0.385. The Balaban J connectivity index is 3.70. The Labute approximate surface area is 118 Å². The van der Waals surface area contributed by atoms with Crippen LogP contribution in [-0.4, -0.2) is 27.7 Å². The van der Waals surface area contributed by atoms with Gasteiger partial charge in [-0.25, -0.2) is 22.8 Å². The minimum absolute atomic E-state index is 0.399. The van der Waals surface area contributed by atoms with Crippen molar-refractivity contribution in [3.8, 4) is 0 Å². The molecular formula is C13H14F3NO4. The first-order chi connectivity index (χ1) is 9.53. The zero-order valence-electron chi connectivity index (χ0n) is 11.6. The third-order valence-corrected chi connectivity index (χ3v) is 3.10. The van der Waals surface area contributed by atoms with Crippen LogP contribution in [0.1, 0.15) is 47.9 Å². The van der Waals surface area contributed by atoms with Crippen LogP contribution in [0.15, 0.2) is 0 Å². The first-order valence-corrected chi connectivity index (χ1v) is 5.98. The van der Waals surface area contributed by atoms with Crippen LogP contribution in [0.4, 0.5) is 18.9 Å². The number of aromatic carboxylic acids is 2. The zero-order valence-corrected chi connectivity index (χ0v) is 11.6. The van der Waals surface area contributed by atoms with Crippen molar-refractivity contribution in [2.45, 2.75) is 32.7 Å². The van der Waals surface area contributed by atoms with Gasteiger partial charge in [-0.2, -0.15) is 0 Å². The predicted molar refractivity (Wildman–Crippen MR) is 68.2 cm³/mol. The van der Waals surface area contributed by atoms with Crippen LogP contribution in [0.25, 0.3) is 0 Å². The minimum atomic E-state index is -2.07. The summed E-state index contributed by atoms with van der Waals surface area (Å²) in [7, 11) is 0. The molecule has 0 amide bonds. The second-order valence-electron chi connectivity index (χ2n) is 5.04. The number of nitrogens with one attached hydrogen (secondary N) is 1. The summed E-state index contributed by atoms with van der Waals surface area (Å²) < 4.78 is 41.8. The summed E-state index contributed by atoms with van der Waals surface area (Å²) in [4.78, 5) is 21.8. The number of carboxylic acid groups (broad SMARTS) is 2. The number of benzene rings is 1. The fourth-order valence-corrected chi connectivity index (χ4v) is 1.60. The summed E-state index contributed by atoms with van der Waals surface area (Å²) in [6, 6.07) is 0. The van der Waals surface area contributed by atoms with Crippen molar-refractivity contribution in [2.24, 2.45) is 0 Å². The van der Waals surface area contributed by atoms with Gasteiger partial charge in [0.05, 0.1) is 0 Å². The van der Waals surface area contributed by atoms with Crippen molar-refractivity contribution in [1.82, 2.24) is 0 Å². The fourth-order valence-electron chi connectivity index (χ4n) is 1.60. The lowest BCUT2D eigenvalue weighted by Crippen LogP contribution is -2.32. The predicted octanol–water partition coefficient (Wildman–Crippen LogP) is 3.10. The molecule has 1 rings (SSSR count). The van der Waals surface area contributed by atoms with E-state index in [9.17, 15) is 22.8 Å². The van der Waals surface area contributed by atoms with Crippen molar-refractivity contribution >= 4 is 17.6 Å². The number of hydrogen-bond donors (Lipinski definition) is 3. The van der Waals surface area contributed by atoms with Gasteiger partial charge in [-0.05, 0) is 20.3 Å². The van der Waals surface area contributed by atoms with Crippen LogP contribution in [0.2, 0.25) is 0 Å². The second-order valence-corrected chi connectivity index (χ2v) is 5.04. The normalized spacial score (nSPS) is 11.3. The lowest BCUT2D eigenvalue weighted by molar-refractivity contribution is 0.0641. The summed E-state index contributed by atoms with van der Waals surface area (Å²) >= 11 is 0. The molecular weight excluding hydrogens is 291 g/mol. The number of hydrogen-bond acceptors (Lipinski definition) is 3. The third kappa shape index (κ3) is 3.09. The van der Waals surface area contributed by atoms with E-state index in [4.69, 9.17) is 10.2 Å². The van der Waals surface area contributed by atoms with Crippen LogP contribution in [0.5, 0.6) is 0 Å². The Hall–Kier alpha value is -2.25. The summed E-state index contributed by atoms with van der Waals surface area (Å²) in [5.74, 6) is -9.40. The highest BCUT2D eigenvalue weighted by Crippen LogP contribution is 2.31. The third-order valence-electron chi connectivity index (χ3n) is 3.10. The van der Waals surface area contributed by atoms with Gasteiger partial charge in [-0.15, -0.1) is 0 Å². The maximum Gasteiger partial charge on any atom is 0.339 e. The Morgan fingerprint density at radius 2 is 1.43 bits per heavy atom. The van der Waals surface area contributed by atoms with Gasteiger partial charge in [0, 0.05) is 5.54 Å². The standard InChI is InChI=1S/C13H14F3NO4/c1-4-13(2,3)17-10-8(15)6(12(20)21)5(11(18)19)7(14)9(10)16/h17H,4H2,1-3H3,(H,18,19)(H,20,21). The molecule has 0 aliphatic carbocycles. The van der Waals surface area contributed by atoms with Gasteiger partial charge in [-0.3, -0.25) is 0 Å². The SMILES string of the molecule is CCC(C)(C)Nc1c(F)c(F)c(C(=O)O)c(C(=O)O)c1F. The molecule has 0 unspecified atom stereocenters. The van der Waals surface area contributed by atoms with E-state index in [1.807, 2.05) is 0 Å². The van der Waals surface area contributed by atoms with Crippen molar-refractivity contribution in [3.05, 3.63) is 28.6 Å². The first-order valence-electron chi connectivity index (χ1n) is 5.98. The molecule has 21 heavy (non-hydrogen) atoms. The maximum atomic E-state index is 14.1. The molecule has 1 aromatic carbocycles. The van der Waals surface area contributed by atoms with E-state index in [-0.39, 0.29) is 0 Å². The Bertz CT molecular complexity index is 614. The van der Waals surface area contributed by atoms with Crippen LogP contribution < -0.4 is 5.32 Å². The smallest absolute Gasteiger partial charge is 0.339 e. The summed E-state index contributed by atoms with van der Waals surface area (Å²) in [5, 5.41) is 20.0. The minimum Gasteiger partial charge on any atom is -0.478 e. The molecule has 0 spiro atoms. The summed E-state index contributed by atoms with van der Waals surface area (Å²) in [6.07, 6.45) is 0.399. The number of rotatable bonds is 5. The first kappa shape index (κ1) is 16.8. The summed E-state index contributed by atoms with van der Waals surface area (Å²) in [5.41, 5.74) is -4.82. The molecule has 0 fully saturated rings. The molecule has 3 N–H and O–H groups in total.